The molecular formula is C27H24N2O5. The number of amides is 2. The van der Waals surface area contributed by atoms with Gasteiger partial charge >= 0.3 is 0 Å². The van der Waals surface area contributed by atoms with Gasteiger partial charge in [0, 0.05) is 23.9 Å². The third kappa shape index (κ3) is 4.41. The van der Waals surface area contributed by atoms with Crippen LogP contribution < -0.4 is 15.0 Å². The van der Waals surface area contributed by atoms with Crippen molar-refractivity contribution in [2.45, 2.75) is 19.9 Å². The number of nitrogens with one attached hydrogen (secondary N) is 1. The van der Waals surface area contributed by atoms with Gasteiger partial charge in [0.2, 0.25) is 5.91 Å². The van der Waals surface area contributed by atoms with E-state index in [-0.39, 0.29) is 17.2 Å². The second kappa shape index (κ2) is 9.62. The smallest absolute Gasteiger partial charge is 0.300 e. The lowest BCUT2D eigenvalue weighted by Crippen LogP contribution is -2.29. The summed E-state index contributed by atoms with van der Waals surface area (Å²) in [5.74, 6) is -1.35. The molecule has 1 aliphatic heterocycles. The summed E-state index contributed by atoms with van der Waals surface area (Å²) < 4.78 is 5.45. The number of ether oxygens (including phenoxy) is 1. The van der Waals surface area contributed by atoms with Crippen LogP contribution in [0.25, 0.3) is 5.76 Å². The molecule has 0 bridgehead atoms. The zero-order valence-corrected chi connectivity index (χ0v) is 18.8. The molecule has 172 valence electrons. The van der Waals surface area contributed by atoms with E-state index in [9.17, 15) is 19.5 Å². The first-order valence-electron chi connectivity index (χ1n) is 10.9. The zero-order chi connectivity index (χ0) is 24.2. The summed E-state index contributed by atoms with van der Waals surface area (Å²) in [4.78, 5) is 39.1. The Morgan fingerprint density at radius 1 is 0.971 bits per heavy atom. The molecule has 34 heavy (non-hydrogen) atoms. The highest BCUT2D eigenvalue weighted by molar-refractivity contribution is 6.51. The maximum absolute atomic E-state index is 13.2. The first-order valence-corrected chi connectivity index (χ1v) is 10.9. The molecule has 0 aliphatic carbocycles. The molecule has 1 atom stereocenters. The van der Waals surface area contributed by atoms with Crippen molar-refractivity contribution in [1.82, 2.24) is 0 Å². The molecule has 1 saturated heterocycles. The fraction of sp³-hybridized carbons (Fsp3) is 0.148. The lowest BCUT2D eigenvalue weighted by Gasteiger charge is -2.25. The van der Waals surface area contributed by atoms with E-state index in [1.165, 1.54) is 11.8 Å². The molecule has 0 aromatic heterocycles. The van der Waals surface area contributed by atoms with Gasteiger partial charge in [0.25, 0.3) is 11.7 Å². The highest BCUT2D eigenvalue weighted by Gasteiger charge is 2.46. The van der Waals surface area contributed by atoms with Crippen LogP contribution in [0.4, 0.5) is 11.4 Å². The summed E-state index contributed by atoms with van der Waals surface area (Å²) in [7, 11) is 0. The van der Waals surface area contributed by atoms with Gasteiger partial charge < -0.3 is 15.2 Å². The summed E-state index contributed by atoms with van der Waals surface area (Å²) in [6.45, 7) is 3.78. The van der Waals surface area contributed by atoms with Crippen molar-refractivity contribution < 1.29 is 24.2 Å². The number of rotatable bonds is 6. The van der Waals surface area contributed by atoms with Gasteiger partial charge in [-0.2, -0.15) is 0 Å². The van der Waals surface area contributed by atoms with Gasteiger partial charge in [0.05, 0.1) is 18.2 Å². The molecule has 0 radical (unpaired) electrons. The molecule has 3 aromatic carbocycles. The van der Waals surface area contributed by atoms with Crippen LogP contribution in [-0.4, -0.2) is 29.3 Å². The molecule has 0 saturated carbocycles. The van der Waals surface area contributed by atoms with Gasteiger partial charge in [-0.15, -0.1) is 0 Å². The van der Waals surface area contributed by atoms with Crippen molar-refractivity contribution in [3.05, 3.63) is 95.6 Å². The highest BCUT2D eigenvalue weighted by atomic mass is 16.5. The Hall–Kier alpha value is -4.39. The number of ketones is 1. The number of anilines is 2. The van der Waals surface area contributed by atoms with E-state index < -0.39 is 17.7 Å². The quantitative estimate of drug-likeness (QED) is 0.319. The second-order valence-corrected chi connectivity index (χ2v) is 7.77. The number of aliphatic hydroxyl groups is 1. The van der Waals surface area contributed by atoms with E-state index in [2.05, 4.69) is 5.32 Å². The lowest BCUT2D eigenvalue weighted by atomic mass is 9.95. The first-order chi connectivity index (χ1) is 16.4. The Morgan fingerprint density at radius 2 is 1.62 bits per heavy atom. The topological polar surface area (TPSA) is 95.9 Å². The van der Waals surface area contributed by atoms with Crippen LogP contribution in [0.1, 0.15) is 31.0 Å². The van der Waals surface area contributed by atoms with Crippen molar-refractivity contribution in [1.29, 1.82) is 0 Å². The van der Waals surface area contributed by atoms with Crippen LogP contribution in [0.2, 0.25) is 0 Å². The minimum absolute atomic E-state index is 0.00583. The first kappa shape index (κ1) is 22.8. The van der Waals surface area contributed by atoms with Gasteiger partial charge in [-0.3, -0.25) is 19.3 Å². The van der Waals surface area contributed by atoms with Crippen LogP contribution in [-0.2, 0) is 14.4 Å². The van der Waals surface area contributed by atoms with Crippen molar-refractivity contribution in [3.63, 3.8) is 0 Å². The van der Waals surface area contributed by atoms with Gasteiger partial charge in [0.15, 0.2) is 0 Å². The van der Waals surface area contributed by atoms with Crippen LogP contribution in [0, 0.1) is 0 Å². The molecule has 4 rings (SSSR count). The number of Topliss-reactive ketones (excluding diaryl/α,β-unsaturated/α-hetero) is 1. The molecular weight excluding hydrogens is 432 g/mol. The fourth-order valence-corrected chi connectivity index (χ4v) is 3.99. The summed E-state index contributed by atoms with van der Waals surface area (Å²) in [6.07, 6.45) is 0. The monoisotopic (exact) mass is 456 g/mol. The molecule has 1 unspecified atom stereocenters. The molecule has 1 fully saturated rings. The van der Waals surface area contributed by atoms with Crippen molar-refractivity contribution in [3.8, 4) is 5.75 Å². The minimum Gasteiger partial charge on any atom is -0.507 e. The number of nitrogens with zero attached hydrogens (tertiary/aromatic N) is 1. The van der Waals surface area contributed by atoms with E-state index in [1.54, 1.807) is 60.7 Å². The molecule has 1 aliphatic rings. The van der Waals surface area contributed by atoms with Gasteiger partial charge in [-0.1, -0.05) is 30.3 Å². The van der Waals surface area contributed by atoms with Crippen LogP contribution in [0.5, 0.6) is 5.75 Å². The van der Waals surface area contributed by atoms with Crippen molar-refractivity contribution >= 4 is 34.7 Å². The predicted octanol–water partition coefficient (Wildman–Crippen LogP) is 4.67. The third-order valence-corrected chi connectivity index (χ3v) is 5.46. The Morgan fingerprint density at radius 3 is 2.21 bits per heavy atom. The second-order valence-electron chi connectivity index (χ2n) is 7.77. The van der Waals surface area contributed by atoms with Crippen molar-refractivity contribution in [2.75, 3.05) is 16.8 Å². The number of carbonyl (C=O) groups is 3. The number of hydrogen-bond acceptors (Lipinski definition) is 5. The summed E-state index contributed by atoms with van der Waals surface area (Å²) in [5.41, 5.74) is 2.13. The molecule has 0 spiro atoms. The number of hydrogen-bond donors (Lipinski definition) is 2. The minimum atomic E-state index is -0.820. The number of aliphatic hydroxyl groups excluding tert-OH is 1. The highest BCUT2D eigenvalue weighted by Crippen LogP contribution is 2.42. The van der Waals surface area contributed by atoms with E-state index in [0.717, 1.165) is 0 Å². The van der Waals surface area contributed by atoms with Gasteiger partial charge in [0.1, 0.15) is 11.5 Å². The molecule has 7 nitrogen and oxygen atoms in total. The lowest BCUT2D eigenvalue weighted by molar-refractivity contribution is -0.132. The zero-order valence-electron chi connectivity index (χ0n) is 18.8. The van der Waals surface area contributed by atoms with E-state index in [4.69, 9.17) is 4.74 Å². The Balaban J connectivity index is 1.82. The molecule has 3 aromatic rings. The average molecular weight is 456 g/mol. The fourth-order valence-electron chi connectivity index (χ4n) is 3.99. The maximum atomic E-state index is 13.2. The van der Waals surface area contributed by atoms with E-state index in [1.807, 2.05) is 25.1 Å². The average Bonchev–Trinajstić information content (AvgIpc) is 3.10. The Bertz CT molecular complexity index is 1250. The van der Waals surface area contributed by atoms with Crippen LogP contribution in [0.15, 0.2) is 84.4 Å². The third-order valence-electron chi connectivity index (χ3n) is 5.46. The molecule has 1 heterocycles. The van der Waals surface area contributed by atoms with Gasteiger partial charge in [-0.25, -0.2) is 0 Å². The Labute approximate surface area is 197 Å². The molecule has 2 N–H and O–H groups in total. The summed E-state index contributed by atoms with van der Waals surface area (Å²) >= 11 is 0. The standard InChI is InChI=1S/C27H24N2O5/c1-3-34-22-15-9-19(10-16-22)25(31)23-24(18-7-5-4-6-8-18)29(27(33)26(23)32)21-13-11-20(12-14-21)28-17(2)30/h4-16,24,31H,3H2,1-2H3,(H,28,30)/b25-23+. The molecule has 7 heteroatoms. The van der Waals surface area contributed by atoms with Crippen LogP contribution >= 0.6 is 0 Å². The normalized spacial score (nSPS) is 17.0. The van der Waals surface area contributed by atoms with E-state index >= 15 is 0 Å². The SMILES string of the molecule is CCOc1ccc(/C(O)=C2\C(=O)C(=O)N(c3ccc(NC(C)=O)cc3)C2c2ccccc2)cc1. The largest absolute Gasteiger partial charge is 0.507 e. The summed E-state index contributed by atoms with van der Waals surface area (Å²) in [6, 6.07) is 21.6. The van der Waals surface area contributed by atoms with Gasteiger partial charge in [-0.05, 0) is 61.0 Å². The van der Waals surface area contributed by atoms with E-state index in [0.29, 0.717) is 34.9 Å². The predicted molar refractivity (Wildman–Crippen MR) is 130 cm³/mol. The summed E-state index contributed by atoms with van der Waals surface area (Å²) in [5, 5.41) is 13.8. The van der Waals surface area contributed by atoms with Crippen molar-refractivity contribution in [2.24, 2.45) is 0 Å². The van der Waals surface area contributed by atoms with Crippen LogP contribution in [0.3, 0.4) is 0 Å². The number of benzene rings is 3. The Kier molecular flexibility index (Phi) is 6.45. The number of carbonyl (C=O) groups excluding carboxylic acids is 3. The maximum Gasteiger partial charge on any atom is 0.300 e. The molecule has 2 amide bonds.